The van der Waals surface area contributed by atoms with Gasteiger partial charge in [0.05, 0.1) is 9.49 Å². The van der Waals surface area contributed by atoms with Crippen LogP contribution in [0.4, 0.5) is 0 Å². The second-order valence-corrected chi connectivity index (χ2v) is 7.77. The maximum atomic E-state index is 11.2. The molecule has 0 amide bonds. The Morgan fingerprint density at radius 3 is 2.43 bits per heavy atom. The van der Waals surface area contributed by atoms with Crippen LogP contribution < -0.4 is 0 Å². The van der Waals surface area contributed by atoms with Crippen LogP contribution in [0, 0.1) is 11.3 Å². The molecule has 1 saturated carbocycles. The summed E-state index contributed by atoms with van der Waals surface area (Å²) >= 11 is 3.96. The van der Waals surface area contributed by atoms with E-state index < -0.39 is 11.4 Å². The second kappa shape index (κ2) is 3.34. The van der Waals surface area contributed by atoms with Crippen molar-refractivity contribution in [2.24, 2.45) is 11.3 Å². The number of aliphatic carboxylic acids is 1. The minimum absolute atomic E-state index is 0.215. The Kier molecular flexibility index (Phi) is 2.55. The molecule has 0 aromatic heterocycles. The van der Waals surface area contributed by atoms with E-state index >= 15 is 0 Å². The van der Waals surface area contributed by atoms with Crippen molar-refractivity contribution in [2.45, 2.75) is 30.8 Å². The van der Waals surface area contributed by atoms with Gasteiger partial charge in [0.1, 0.15) is 0 Å². The van der Waals surface area contributed by atoms with Crippen molar-refractivity contribution in [3.63, 3.8) is 0 Å². The summed E-state index contributed by atoms with van der Waals surface area (Å²) in [6.45, 7) is 4.11. The van der Waals surface area contributed by atoms with E-state index in [1.54, 1.807) is 0 Å². The highest BCUT2D eigenvalue weighted by Gasteiger charge is 2.56. The van der Waals surface area contributed by atoms with Crippen LogP contribution in [0.3, 0.4) is 0 Å². The molecule has 0 unspecified atom stereocenters. The quantitative estimate of drug-likeness (QED) is 0.754. The molecule has 80 valence electrons. The van der Waals surface area contributed by atoms with E-state index in [0.717, 1.165) is 12.8 Å². The smallest absolute Gasteiger partial charge is 0.309 e. The van der Waals surface area contributed by atoms with E-state index in [0.29, 0.717) is 5.92 Å². The Hall–Kier alpha value is 0.170. The fourth-order valence-corrected chi connectivity index (χ4v) is 6.41. The van der Waals surface area contributed by atoms with Gasteiger partial charge in [0.2, 0.25) is 0 Å². The zero-order valence-electron chi connectivity index (χ0n) is 8.58. The molecule has 1 aliphatic carbocycles. The Labute approximate surface area is 93.2 Å². The molecule has 1 spiro atoms. The molecule has 2 rings (SSSR count). The topological polar surface area (TPSA) is 37.3 Å². The van der Waals surface area contributed by atoms with Crippen LogP contribution >= 0.6 is 23.5 Å². The van der Waals surface area contributed by atoms with Crippen LogP contribution in [0.15, 0.2) is 0 Å². The monoisotopic (exact) mass is 232 g/mol. The molecule has 1 N–H and O–H groups in total. The van der Waals surface area contributed by atoms with E-state index in [1.807, 2.05) is 30.4 Å². The minimum Gasteiger partial charge on any atom is -0.481 e. The lowest BCUT2D eigenvalue weighted by atomic mass is 9.88. The van der Waals surface area contributed by atoms with Gasteiger partial charge >= 0.3 is 5.97 Å². The van der Waals surface area contributed by atoms with Gasteiger partial charge in [-0.15, -0.1) is 23.5 Å². The first kappa shape index (κ1) is 10.7. The van der Waals surface area contributed by atoms with E-state index in [-0.39, 0.29) is 4.08 Å². The molecule has 0 aromatic rings. The van der Waals surface area contributed by atoms with Gasteiger partial charge in [0.15, 0.2) is 0 Å². The number of hydrogen-bond acceptors (Lipinski definition) is 3. The fraction of sp³-hybridized carbons (Fsp3) is 0.900. The zero-order valence-corrected chi connectivity index (χ0v) is 10.2. The third-order valence-corrected chi connectivity index (χ3v) is 7.29. The number of carboxylic acid groups (broad SMARTS) is 1. The van der Waals surface area contributed by atoms with E-state index in [9.17, 15) is 9.90 Å². The van der Waals surface area contributed by atoms with Gasteiger partial charge in [0, 0.05) is 11.5 Å². The van der Waals surface area contributed by atoms with Crippen LogP contribution in [0.25, 0.3) is 0 Å². The van der Waals surface area contributed by atoms with Crippen molar-refractivity contribution < 1.29 is 9.90 Å². The largest absolute Gasteiger partial charge is 0.481 e. The summed E-state index contributed by atoms with van der Waals surface area (Å²) in [5, 5.41) is 9.22. The molecular formula is C10H16O2S2. The summed E-state index contributed by atoms with van der Waals surface area (Å²) in [4.78, 5) is 11.2. The highest BCUT2D eigenvalue weighted by molar-refractivity contribution is 8.21. The maximum absolute atomic E-state index is 11.2. The number of rotatable bonds is 1. The molecule has 1 saturated heterocycles. The van der Waals surface area contributed by atoms with Gasteiger partial charge in [-0.25, -0.2) is 0 Å². The van der Waals surface area contributed by atoms with Crippen molar-refractivity contribution in [3.05, 3.63) is 0 Å². The van der Waals surface area contributed by atoms with Crippen molar-refractivity contribution in [2.75, 3.05) is 11.5 Å². The van der Waals surface area contributed by atoms with Crippen molar-refractivity contribution in [1.82, 2.24) is 0 Å². The van der Waals surface area contributed by atoms with Crippen molar-refractivity contribution in [1.29, 1.82) is 0 Å². The Balaban J connectivity index is 2.21. The standard InChI is InChI=1S/C10H16O2S2/c1-7-5-9(2,8(11)12)6-10(7)13-3-4-14-10/h7H,3-6H2,1-2H3,(H,11,12)/t7-,9+/m1/s1. The highest BCUT2D eigenvalue weighted by Crippen LogP contribution is 2.62. The zero-order chi connectivity index (χ0) is 10.4. The van der Waals surface area contributed by atoms with Gasteiger partial charge < -0.3 is 5.11 Å². The predicted octanol–water partition coefficient (Wildman–Crippen LogP) is 2.68. The summed E-state index contributed by atoms with van der Waals surface area (Å²) in [6.07, 6.45) is 1.67. The normalized spacial score (nSPS) is 40.6. The second-order valence-electron chi connectivity index (χ2n) is 4.66. The predicted molar refractivity (Wildman–Crippen MR) is 61.8 cm³/mol. The summed E-state index contributed by atoms with van der Waals surface area (Å²) < 4.78 is 0.215. The first-order chi connectivity index (χ1) is 6.49. The Morgan fingerprint density at radius 2 is 2.00 bits per heavy atom. The van der Waals surface area contributed by atoms with Gasteiger partial charge in [0.25, 0.3) is 0 Å². The molecule has 0 radical (unpaired) electrons. The van der Waals surface area contributed by atoms with Crippen LogP contribution in [0.2, 0.25) is 0 Å². The number of carbonyl (C=O) groups is 1. The summed E-state index contributed by atoms with van der Waals surface area (Å²) in [6, 6.07) is 0. The molecule has 2 aliphatic rings. The molecule has 4 heteroatoms. The molecular weight excluding hydrogens is 216 g/mol. The molecule has 0 aromatic carbocycles. The van der Waals surface area contributed by atoms with Gasteiger partial charge in [-0.05, 0) is 25.7 Å². The molecule has 2 nitrogen and oxygen atoms in total. The highest BCUT2D eigenvalue weighted by atomic mass is 32.2. The average Bonchev–Trinajstić information content (AvgIpc) is 2.61. The van der Waals surface area contributed by atoms with Crippen LogP contribution in [-0.4, -0.2) is 26.7 Å². The molecule has 2 fully saturated rings. The average molecular weight is 232 g/mol. The van der Waals surface area contributed by atoms with Crippen LogP contribution in [0.1, 0.15) is 26.7 Å². The summed E-state index contributed by atoms with van der Waals surface area (Å²) in [7, 11) is 0. The molecule has 2 atom stereocenters. The lowest BCUT2D eigenvalue weighted by Crippen LogP contribution is -2.26. The van der Waals surface area contributed by atoms with Crippen molar-refractivity contribution >= 4 is 29.5 Å². The SMILES string of the molecule is C[C@@H]1C[C@](C)(C(=O)O)CC12SCCS2. The molecule has 0 bridgehead atoms. The molecule has 1 aliphatic heterocycles. The van der Waals surface area contributed by atoms with Crippen LogP contribution in [-0.2, 0) is 4.79 Å². The Morgan fingerprint density at radius 1 is 1.43 bits per heavy atom. The van der Waals surface area contributed by atoms with Gasteiger partial charge in [-0.2, -0.15) is 0 Å². The lowest BCUT2D eigenvalue weighted by Gasteiger charge is -2.27. The molecule has 1 heterocycles. The van der Waals surface area contributed by atoms with E-state index in [2.05, 4.69) is 6.92 Å². The summed E-state index contributed by atoms with van der Waals surface area (Å²) in [5.74, 6) is 2.28. The van der Waals surface area contributed by atoms with E-state index in [4.69, 9.17) is 0 Å². The number of hydrogen-bond donors (Lipinski definition) is 1. The van der Waals surface area contributed by atoms with E-state index in [1.165, 1.54) is 11.5 Å². The molecule has 14 heavy (non-hydrogen) atoms. The fourth-order valence-electron chi connectivity index (χ4n) is 2.64. The first-order valence-electron chi connectivity index (χ1n) is 5.00. The first-order valence-corrected chi connectivity index (χ1v) is 6.97. The Bertz CT molecular complexity index is 261. The third kappa shape index (κ3) is 1.47. The minimum atomic E-state index is -0.616. The summed E-state index contributed by atoms with van der Waals surface area (Å²) in [5.41, 5.74) is -0.482. The number of thioether (sulfide) groups is 2. The lowest BCUT2D eigenvalue weighted by molar-refractivity contribution is -0.147. The van der Waals surface area contributed by atoms with Crippen LogP contribution in [0.5, 0.6) is 0 Å². The van der Waals surface area contributed by atoms with Gasteiger partial charge in [-0.3, -0.25) is 4.79 Å². The third-order valence-electron chi connectivity index (χ3n) is 3.44. The van der Waals surface area contributed by atoms with Crippen molar-refractivity contribution in [3.8, 4) is 0 Å². The maximum Gasteiger partial charge on any atom is 0.309 e. The van der Waals surface area contributed by atoms with Gasteiger partial charge in [-0.1, -0.05) is 6.92 Å². The number of carboxylic acids is 1.